The Labute approximate surface area is 144 Å². The van der Waals surface area contributed by atoms with Crippen molar-refractivity contribution in [2.75, 3.05) is 6.54 Å². The Morgan fingerprint density at radius 1 is 1.21 bits per heavy atom. The Morgan fingerprint density at radius 3 is 2.17 bits per heavy atom. The summed E-state index contributed by atoms with van der Waals surface area (Å²) in [6.07, 6.45) is 1.24. The van der Waals surface area contributed by atoms with Crippen LogP contribution in [0.3, 0.4) is 0 Å². The minimum Gasteiger partial charge on any atom is -0.465 e. The Bertz CT molecular complexity index is 662. The SMILES string of the molecule is Cc1oc(C)c(C(=O)OC2CC(C)(C)N(CC#N)C(C)(C)C2)c1C. The first-order valence-corrected chi connectivity index (χ1v) is 8.42. The summed E-state index contributed by atoms with van der Waals surface area (Å²) in [4.78, 5) is 14.8. The number of furan rings is 1. The molecule has 0 atom stereocenters. The van der Waals surface area contributed by atoms with Gasteiger partial charge in [0.15, 0.2) is 0 Å². The van der Waals surface area contributed by atoms with Crippen LogP contribution in [-0.2, 0) is 4.74 Å². The van der Waals surface area contributed by atoms with E-state index in [-0.39, 0.29) is 23.2 Å². The first kappa shape index (κ1) is 18.5. The summed E-state index contributed by atoms with van der Waals surface area (Å²) in [6, 6.07) is 2.25. The fourth-order valence-corrected chi connectivity index (χ4v) is 4.11. The third kappa shape index (κ3) is 3.34. The van der Waals surface area contributed by atoms with Crippen molar-refractivity contribution in [1.29, 1.82) is 5.26 Å². The van der Waals surface area contributed by atoms with Gasteiger partial charge in [-0.3, -0.25) is 4.90 Å². The average molecular weight is 332 g/mol. The number of hydrogen-bond acceptors (Lipinski definition) is 5. The molecule has 2 heterocycles. The van der Waals surface area contributed by atoms with Gasteiger partial charge in [-0.1, -0.05) is 0 Å². The molecule has 0 N–H and O–H groups in total. The molecule has 5 nitrogen and oxygen atoms in total. The summed E-state index contributed by atoms with van der Waals surface area (Å²) in [6.45, 7) is 14.3. The van der Waals surface area contributed by atoms with Gasteiger partial charge in [0, 0.05) is 29.5 Å². The van der Waals surface area contributed by atoms with E-state index in [0.29, 0.717) is 30.7 Å². The van der Waals surface area contributed by atoms with E-state index in [2.05, 4.69) is 38.7 Å². The van der Waals surface area contributed by atoms with Crippen LogP contribution in [0.1, 0.15) is 68.0 Å². The molecule has 2 rings (SSSR count). The maximum absolute atomic E-state index is 12.6. The highest BCUT2D eigenvalue weighted by molar-refractivity contribution is 5.92. The lowest BCUT2D eigenvalue weighted by atomic mass is 9.78. The molecule has 1 aliphatic heterocycles. The highest BCUT2D eigenvalue weighted by Gasteiger charge is 2.46. The molecule has 0 bridgehead atoms. The monoisotopic (exact) mass is 332 g/mol. The van der Waals surface area contributed by atoms with Crippen LogP contribution in [0.4, 0.5) is 0 Å². The lowest BCUT2D eigenvalue weighted by Gasteiger charge is -2.53. The van der Waals surface area contributed by atoms with Gasteiger partial charge in [0.05, 0.1) is 12.6 Å². The zero-order valence-corrected chi connectivity index (χ0v) is 15.8. The van der Waals surface area contributed by atoms with Crippen molar-refractivity contribution in [1.82, 2.24) is 4.90 Å². The maximum atomic E-state index is 12.6. The second-order valence-corrected chi connectivity index (χ2v) is 8.02. The van der Waals surface area contributed by atoms with E-state index in [4.69, 9.17) is 14.4 Å². The number of ether oxygens (including phenoxy) is 1. The molecule has 0 unspecified atom stereocenters. The largest absolute Gasteiger partial charge is 0.465 e. The van der Waals surface area contributed by atoms with Gasteiger partial charge in [-0.25, -0.2) is 4.79 Å². The first-order valence-electron chi connectivity index (χ1n) is 8.42. The molecule has 0 amide bonds. The van der Waals surface area contributed by atoms with Crippen LogP contribution >= 0.6 is 0 Å². The Hall–Kier alpha value is -1.80. The lowest BCUT2D eigenvalue weighted by molar-refractivity contribution is -0.0804. The number of likely N-dealkylation sites (tertiary alicyclic amines) is 1. The number of nitriles is 1. The molecule has 0 aromatic carbocycles. The van der Waals surface area contributed by atoms with Gasteiger partial charge in [-0.15, -0.1) is 0 Å². The molecule has 0 radical (unpaired) electrons. The second kappa shape index (κ2) is 6.25. The molecule has 1 aromatic rings. The van der Waals surface area contributed by atoms with E-state index in [0.717, 1.165) is 11.3 Å². The molecule has 1 fully saturated rings. The van der Waals surface area contributed by atoms with Gasteiger partial charge < -0.3 is 9.15 Å². The third-order valence-electron chi connectivity index (χ3n) is 5.18. The maximum Gasteiger partial charge on any atom is 0.342 e. The van der Waals surface area contributed by atoms with E-state index in [1.165, 1.54) is 0 Å². The standard InChI is InChI=1S/C19H28N2O3/c1-12-13(2)23-14(3)16(12)17(22)24-15-10-18(4,5)21(9-8-20)19(6,7)11-15/h15H,9-11H2,1-7H3. The number of aryl methyl sites for hydroxylation is 2. The molecular weight excluding hydrogens is 304 g/mol. The van der Waals surface area contributed by atoms with Crippen LogP contribution < -0.4 is 0 Å². The molecule has 0 spiro atoms. The Morgan fingerprint density at radius 2 is 1.75 bits per heavy atom. The van der Waals surface area contributed by atoms with Crippen LogP contribution in [0.15, 0.2) is 4.42 Å². The summed E-state index contributed by atoms with van der Waals surface area (Å²) in [7, 11) is 0. The van der Waals surface area contributed by atoms with E-state index in [1.54, 1.807) is 6.92 Å². The van der Waals surface area contributed by atoms with Crippen molar-refractivity contribution >= 4 is 5.97 Å². The lowest BCUT2D eigenvalue weighted by Crippen LogP contribution is -2.62. The van der Waals surface area contributed by atoms with Gasteiger partial charge in [0.2, 0.25) is 0 Å². The van der Waals surface area contributed by atoms with Gasteiger partial charge in [0.1, 0.15) is 23.2 Å². The van der Waals surface area contributed by atoms with Crippen LogP contribution in [0, 0.1) is 32.1 Å². The molecule has 1 saturated heterocycles. The van der Waals surface area contributed by atoms with Crippen molar-refractivity contribution in [3.8, 4) is 6.07 Å². The normalized spacial score (nSPS) is 20.6. The predicted molar refractivity (Wildman–Crippen MR) is 91.8 cm³/mol. The summed E-state index contributed by atoms with van der Waals surface area (Å²) in [5, 5.41) is 9.12. The molecule has 132 valence electrons. The van der Waals surface area contributed by atoms with Gasteiger partial charge in [-0.05, 0) is 48.5 Å². The van der Waals surface area contributed by atoms with Crippen LogP contribution in [0.2, 0.25) is 0 Å². The fraction of sp³-hybridized carbons (Fsp3) is 0.684. The van der Waals surface area contributed by atoms with E-state index >= 15 is 0 Å². The van der Waals surface area contributed by atoms with E-state index < -0.39 is 0 Å². The van der Waals surface area contributed by atoms with Gasteiger partial charge in [-0.2, -0.15) is 5.26 Å². The van der Waals surface area contributed by atoms with Gasteiger partial charge in [0.25, 0.3) is 0 Å². The van der Waals surface area contributed by atoms with Crippen LogP contribution in [0.5, 0.6) is 0 Å². The summed E-state index contributed by atoms with van der Waals surface area (Å²) in [5.74, 6) is 1.05. The Balaban J connectivity index is 2.20. The summed E-state index contributed by atoms with van der Waals surface area (Å²) < 4.78 is 11.4. The summed E-state index contributed by atoms with van der Waals surface area (Å²) >= 11 is 0. The molecule has 24 heavy (non-hydrogen) atoms. The topological polar surface area (TPSA) is 66.5 Å². The van der Waals surface area contributed by atoms with E-state index in [9.17, 15) is 4.79 Å². The number of rotatable bonds is 3. The minimum absolute atomic E-state index is 0.175. The first-order chi connectivity index (χ1) is 11.0. The average Bonchev–Trinajstić information content (AvgIpc) is 2.66. The minimum atomic E-state index is -0.313. The highest BCUT2D eigenvalue weighted by atomic mass is 16.5. The number of carbonyl (C=O) groups is 1. The zero-order valence-electron chi connectivity index (χ0n) is 15.8. The quantitative estimate of drug-likeness (QED) is 0.620. The molecule has 5 heteroatoms. The van der Waals surface area contributed by atoms with Crippen molar-refractivity contribution in [3.05, 3.63) is 22.6 Å². The van der Waals surface area contributed by atoms with Crippen LogP contribution in [0.25, 0.3) is 0 Å². The fourth-order valence-electron chi connectivity index (χ4n) is 4.11. The number of piperidine rings is 1. The van der Waals surface area contributed by atoms with Crippen molar-refractivity contribution < 1.29 is 13.9 Å². The number of esters is 1. The zero-order chi connectivity index (χ0) is 18.3. The molecule has 0 saturated carbocycles. The second-order valence-electron chi connectivity index (χ2n) is 8.02. The van der Waals surface area contributed by atoms with Crippen LogP contribution in [-0.4, -0.2) is 34.6 Å². The van der Waals surface area contributed by atoms with Crippen molar-refractivity contribution in [2.24, 2.45) is 0 Å². The Kier molecular flexibility index (Phi) is 4.83. The van der Waals surface area contributed by atoms with Crippen molar-refractivity contribution in [2.45, 2.75) is 78.5 Å². The smallest absolute Gasteiger partial charge is 0.342 e. The van der Waals surface area contributed by atoms with E-state index in [1.807, 2.05) is 13.8 Å². The third-order valence-corrected chi connectivity index (χ3v) is 5.18. The summed E-state index contributed by atoms with van der Waals surface area (Å²) in [5.41, 5.74) is 0.970. The number of hydrogen-bond donors (Lipinski definition) is 0. The number of nitrogens with zero attached hydrogens (tertiary/aromatic N) is 2. The molecule has 0 aliphatic carbocycles. The molecule has 1 aliphatic rings. The number of carbonyl (C=O) groups excluding carboxylic acids is 1. The van der Waals surface area contributed by atoms with Crippen molar-refractivity contribution in [3.63, 3.8) is 0 Å². The molecule has 1 aromatic heterocycles. The predicted octanol–water partition coefficient (Wildman–Crippen LogP) is 3.91. The highest BCUT2D eigenvalue weighted by Crippen LogP contribution is 2.39. The molecular formula is C19H28N2O3. The van der Waals surface area contributed by atoms with Gasteiger partial charge >= 0.3 is 5.97 Å².